The highest BCUT2D eigenvalue weighted by molar-refractivity contribution is 7.92. The summed E-state index contributed by atoms with van der Waals surface area (Å²) in [5.41, 5.74) is 2.87. The predicted molar refractivity (Wildman–Crippen MR) is 105 cm³/mol. The number of pyridine rings is 2. The van der Waals surface area contributed by atoms with Gasteiger partial charge in [-0.3, -0.25) is 9.78 Å². The van der Waals surface area contributed by atoms with Gasteiger partial charge in [0.15, 0.2) is 0 Å². The van der Waals surface area contributed by atoms with Crippen LogP contribution in [0.1, 0.15) is 5.69 Å². The highest BCUT2D eigenvalue weighted by Crippen LogP contribution is 2.21. The van der Waals surface area contributed by atoms with E-state index in [4.69, 9.17) is 0 Å². The van der Waals surface area contributed by atoms with Crippen molar-refractivity contribution in [2.24, 2.45) is 5.10 Å². The zero-order valence-corrected chi connectivity index (χ0v) is 15.5. The van der Waals surface area contributed by atoms with E-state index in [1.165, 1.54) is 30.6 Å². The zero-order chi connectivity index (χ0) is 19.8. The number of nitrogens with one attached hydrogen (secondary N) is 1. The number of amides is 1. The molecule has 1 N–H and O–H groups in total. The number of rotatable bonds is 7. The van der Waals surface area contributed by atoms with Gasteiger partial charge in [0.2, 0.25) is 0 Å². The van der Waals surface area contributed by atoms with Crippen LogP contribution in [0.3, 0.4) is 0 Å². The van der Waals surface area contributed by atoms with E-state index < -0.39 is 22.5 Å². The summed E-state index contributed by atoms with van der Waals surface area (Å²) in [6.07, 6.45) is 4.42. The number of hydrogen-bond donors (Lipinski definition) is 1. The monoisotopic (exact) mass is 395 g/mol. The van der Waals surface area contributed by atoms with Crippen LogP contribution in [-0.2, 0) is 14.8 Å². The van der Waals surface area contributed by atoms with E-state index in [0.29, 0.717) is 5.69 Å². The summed E-state index contributed by atoms with van der Waals surface area (Å²) in [7, 11) is -3.98. The molecule has 0 radical (unpaired) electrons. The fourth-order valence-electron chi connectivity index (χ4n) is 2.30. The fourth-order valence-corrected chi connectivity index (χ4v) is 3.70. The quantitative estimate of drug-likeness (QED) is 0.485. The number of benzene rings is 1. The van der Waals surface area contributed by atoms with Crippen LogP contribution >= 0.6 is 0 Å². The van der Waals surface area contributed by atoms with E-state index in [-0.39, 0.29) is 10.7 Å². The van der Waals surface area contributed by atoms with E-state index in [2.05, 4.69) is 20.5 Å². The van der Waals surface area contributed by atoms with Crippen molar-refractivity contribution in [1.82, 2.24) is 15.4 Å². The van der Waals surface area contributed by atoms with Gasteiger partial charge < -0.3 is 0 Å². The Balaban J connectivity index is 1.80. The highest BCUT2D eigenvalue weighted by atomic mass is 32.2. The van der Waals surface area contributed by atoms with Crippen molar-refractivity contribution in [2.45, 2.75) is 4.90 Å². The first-order valence-electron chi connectivity index (χ1n) is 8.29. The van der Waals surface area contributed by atoms with Crippen molar-refractivity contribution in [3.05, 3.63) is 84.8 Å². The van der Waals surface area contributed by atoms with Crippen LogP contribution in [0.15, 0.2) is 89.1 Å². The molecule has 0 atom stereocenters. The predicted octanol–water partition coefficient (Wildman–Crippen LogP) is 1.82. The van der Waals surface area contributed by atoms with Crippen LogP contribution in [0.2, 0.25) is 0 Å². The van der Waals surface area contributed by atoms with Crippen molar-refractivity contribution >= 4 is 28.0 Å². The maximum Gasteiger partial charge on any atom is 0.265 e. The third-order valence-corrected chi connectivity index (χ3v) is 5.36. The maximum absolute atomic E-state index is 13.0. The summed E-state index contributed by atoms with van der Waals surface area (Å²) in [6.45, 7) is -0.478. The van der Waals surface area contributed by atoms with Crippen LogP contribution in [0.5, 0.6) is 0 Å². The van der Waals surface area contributed by atoms with Crippen LogP contribution < -0.4 is 9.73 Å². The Hall–Kier alpha value is -3.59. The van der Waals surface area contributed by atoms with Crippen molar-refractivity contribution in [2.75, 3.05) is 10.8 Å². The lowest BCUT2D eigenvalue weighted by Gasteiger charge is -2.22. The van der Waals surface area contributed by atoms with E-state index in [9.17, 15) is 13.2 Å². The number of carbonyl (C=O) groups is 1. The van der Waals surface area contributed by atoms with Crippen LogP contribution in [0, 0.1) is 0 Å². The molecule has 0 aliphatic rings. The van der Waals surface area contributed by atoms with E-state index >= 15 is 0 Å². The van der Waals surface area contributed by atoms with Gasteiger partial charge in [0.1, 0.15) is 12.4 Å². The first-order valence-corrected chi connectivity index (χ1v) is 9.73. The largest absolute Gasteiger partial charge is 0.271 e. The summed E-state index contributed by atoms with van der Waals surface area (Å²) < 4.78 is 27.0. The fraction of sp³-hybridized carbons (Fsp3) is 0.0526. The minimum atomic E-state index is -3.98. The van der Waals surface area contributed by atoms with Gasteiger partial charge in [-0.2, -0.15) is 5.10 Å². The summed E-state index contributed by atoms with van der Waals surface area (Å²) in [4.78, 5) is 20.5. The average molecular weight is 395 g/mol. The lowest BCUT2D eigenvalue weighted by atomic mass is 10.4. The lowest BCUT2D eigenvalue weighted by molar-refractivity contribution is -0.119. The molecular formula is C19H17N5O3S. The Bertz CT molecular complexity index is 1040. The molecule has 0 fully saturated rings. The highest BCUT2D eigenvalue weighted by Gasteiger charge is 2.27. The second kappa shape index (κ2) is 8.87. The number of hydrogen-bond acceptors (Lipinski definition) is 6. The molecule has 3 rings (SSSR count). The minimum Gasteiger partial charge on any atom is -0.271 e. The summed E-state index contributed by atoms with van der Waals surface area (Å²) >= 11 is 0. The molecule has 8 nitrogen and oxygen atoms in total. The van der Waals surface area contributed by atoms with Crippen molar-refractivity contribution < 1.29 is 13.2 Å². The van der Waals surface area contributed by atoms with E-state index in [0.717, 1.165) is 4.31 Å². The van der Waals surface area contributed by atoms with Gasteiger partial charge >= 0.3 is 0 Å². The molecule has 0 aliphatic carbocycles. The first kappa shape index (κ1) is 19.2. The van der Waals surface area contributed by atoms with Gasteiger partial charge in [0, 0.05) is 12.4 Å². The SMILES string of the molecule is O=C(CN(c1ccccn1)S(=O)(=O)c1ccccc1)N/N=C\c1ccccn1. The van der Waals surface area contributed by atoms with Crippen molar-refractivity contribution in [3.8, 4) is 0 Å². The molecule has 0 saturated carbocycles. The second-order valence-corrected chi connectivity index (χ2v) is 7.42. The van der Waals surface area contributed by atoms with Gasteiger partial charge in [0.05, 0.1) is 16.8 Å². The van der Waals surface area contributed by atoms with E-state index in [1.54, 1.807) is 54.7 Å². The Morgan fingerprint density at radius 3 is 2.29 bits per heavy atom. The number of carbonyl (C=O) groups excluding carboxylic acids is 1. The standard InChI is InChI=1S/C19H17N5O3S/c25-19(23-22-14-16-8-4-6-12-20-16)15-24(18-11-5-7-13-21-18)28(26,27)17-9-2-1-3-10-17/h1-14H,15H2,(H,23,25)/b22-14-. The maximum atomic E-state index is 13.0. The van der Waals surface area contributed by atoms with Crippen LogP contribution in [-0.4, -0.2) is 37.1 Å². The molecule has 2 aromatic heterocycles. The lowest BCUT2D eigenvalue weighted by Crippen LogP contribution is -2.40. The molecule has 0 bridgehead atoms. The Morgan fingerprint density at radius 2 is 1.64 bits per heavy atom. The number of anilines is 1. The number of hydrazone groups is 1. The molecule has 0 aliphatic heterocycles. The molecule has 2 heterocycles. The molecule has 0 unspecified atom stereocenters. The summed E-state index contributed by atoms with van der Waals surface area (Å²) in [6, 6.07) is 17.9. The van der Waals surface area contributed by atoms with Gasteiger partial charge in [-0.25, -0.2) is 23.1 Å². The average Bonchev–Trinajstić information content (AvgIpc) is 2.74. The molecular weight excluding hydrogens is 378 g/mol. The molecule has 0 saturated heterocycles. The van der Waals surface area contributed by atoms with Gasteiger partial charge in [0.25, 0.3) is 15.9 Å². The van der Waals surface area contributed by atoms with Crippen molar-refractivity contribution in [3.63, 3.8) is 0 Å². The first-order chi connectivity index (χ1) is 13.6. The number of nitrogens with zero attached hydrogens (tertiary/aromatic N) is 4. The van der Waals surface area contributed by atoms with Crippen LogP contribution in [0.4, 0.5) is 5.82 Å². The van der Waals surface area contributed by atoms with Gasteiger partial charge in [-0.1, -0.05) is 30.3 Å². The van der Waals surface area contributed by atoms with Crippen molar-refractivity contribution in [1.29, 1.82) is 0 Å². The summed E-state index contributed by atoms with van der Waals surface area (Å²) in [5.74, 6) is -0.479. The molecule has 142 valence electrons. The van der Waals surface area contributed by atoms with Gasteiger partial charge in [-0.15, -0.1) is 0 Å². The number of sulfonamides is 1. The molecule has 0 spiro atoms. The zero-order valence-electron chi connectivity index (χ0n) is 14.7. The van der Waals surface area contributed by atoms with E-state index in [1.807, 2.05) is 0 Å². The smallest absolute Gasteiger partial charge is 0.265 e. The third-order valence-electron chi connectivity index (χ3n) is 3.60. The molecule has 3 aromatic rings. The van der Waals surface area contributed by atoms with Gasteiger partial charge in [-0.05, 0) is 36.4 Å². The van der Waals surface area contributed by atoms with Crippen LogP contribution in [0.25, 0.3) is 0 Å². The molecule has 1 amide bonds. The Labute approximate surface area is 162 Å². The summed E-state index contributed by atoms with van der Waals surface area (Å²) in [5, 5.41) is 3.81. The molecule has 28 heavy (non-hydrogen) atoms. The molecule has 1 aromatic carbocycles. The normalized spacial score (nSPS) is 11.3. The number of aromatic nitrogens is 2. The Morgan fingerprint density at radius 1 is 0.964 bits per heavy atom. The molecule has 9 heteroatoms. The topological polar surface area (TPSA) is 105 Å². The third kappa shape index (κ3) is 4.77. The Kier molecular flexibility index (Phi) is 6.07. The minimum absolute atomic E-state index is 0.0606. The second-order valence-electron chi connectivity index (χ2n) is 5.56.